The van der Waals surface area contributed by atoms with Crippen LogP contribution >= 0.6 is 0 Å². The second-order valence-electron chi connectivity index (χ2n) is 9.37. The summed E-state index contributed by atoms with van der Waals surface area (Å²) >= 11 is 0. The lowest BCUT2D eigenvalue weighted by molar-refractivity contribution is 0.0685. The Bertz CT molecular complexity index is 338. The third-order valence-electron chi connectivity index (χ3n) is 6.88. The van der Waals surface area contributed by atoms with Gasteiger partial charge < -0.3 is 14.9 Å². The Hall–Kier alpha value is -0.120. The summed E-state index contributed by atoms with van der Waals surface area (Å²) in [5.74, 6) is 3.00. The smallest absolute Gasteiger partial charge is 0.0564 e. The Morgan fingerprint density at radius 1 is 0.840 bits per heavy atom. The van der Waals surface area contributed by atoms with Gasteiger partial charge in [0.1, 0.15) is 0 Å². The highest BCUT2D eigenvalue weighted by Gasteiger charge is 2.23. The molecule has 3 aliphatic rings. The van der Waals surface area contributed by atoms with Crippen molar-refractivity contribution in [3.8, 4) is 0 Å². The van der Waals surface area contributed by atoms with Crippen molar-refractivity contribution in [2.24, 2.45) is 17.8 Å². The number of hydrogen-bond donors (Lipinski definition) is 1. The summed E-state index contributed by atoms with van der Waals surface area (Å²) in [6, 6.07) is 0.646. The number of likely N-dealkylation sites (tertiary alicyclic amines) is 2. The summed E-state index contributed by atoms with van der Waals surface area (Å²) in [6.07, 6.45) is 10.8. The van der Waals surface area contributed by atoms with Gasteiger partial charge in [0, 0.05) is 19.1 Å². The van der Waals surface area contributed by atoms with E-state index in [2.05, 4.69) is 37.5 Å². The molecule has 1 aliphatic carbocycles. The molecule has 3 heteroatoms. The third-order valence-corrected chi connectivity index (χ3v) is 6.88. The van der Waals surface area contributed by atoms with E-state index in [1.807, 2.05) is 0 Å². The Labute approximate surface area is 157 Å². The van der Waals surface area contributed by atoms with Crippen molar-refractivity contribution >= 4 is 0 Å². The maximum atomic E-state index is 9.18. The zero-order valence-corrected chi connectivity index (χ0v) is 17.4. The van der Waals surface area contributed by atoms with Crippen LogP contribution in [0.25, 0.3) is 0 Å². The van der Waals surface area contributed by atoms with Gasteiger partial charge >= 0.3 is 0 Å². The first-order chi connectivity index (χ1) is 12.0. The van der Waals surface area contributed by atoms with Crippen molar-refractivity contribution in [3.05, 3.63) is 0 Å². The lowest BCUT2D eigenvalue weighted by atomic mass is 9.82. The number of hydrogen-bond acceptors (Lipinski definition) is 3. The van der Waals surface area contributed by atoms with Crippen LogP contribution in [0, 0.1) is 17.8 Å². The number of aliphatic hydroxyl groups is 1. The largest absolute Gasteiger partial charge is 0.393 e. The van der Waals surface area contributed by atoms with E-state index in [1.165, 1.54) is 58.2 Å². The molecule has 0 aromatic rings. The summed E-state index contributed by atoms with van der Waals surface area (Å²) in [7, 11) is 0. The molecule has 3 fully saturated rings. The zero-order valence-electron chi connectivity index (χ0n) is 17.4. The molecule has 0 bridgehead atoms. The van der Waals surface area contributed by atoms with Crippen LogP contribution in [0.2, 0.25) is 0 Å². The number of nitrogens with zero attached hydrogens (tertiary/aromatic N) is 2. The van der Waals surface area contributed by atoms with Crippen LogP contribution in [0.5, 0.6) is 0 Å². The van der Waals surface area contributed by atoms with Gasteiger partial charge in [-0.15, -0.1) is 0 Å². The average Bonchev–Trinajstić information content (AvgIpc) is 2.55. The molecule has 0 aromatic carbocycles. The summed E-state index contributed by atoms with van der Waals surface area (Å²) in [4.78, 5) is 5.12. The molecule has 0 radical (unpaired) electrons. The van der Waals surface area contributed by atoms with Crippen LogP contribution in [-0.4, -0.2) is 59.8 Å². The lowest BCUT2D eigenvalue weighted by Gasteiger charge is -2.35. The van der Waals surface area contributed by atoms with Gasteiger partial charge in [-0.2, -0.15) is 0 Å². The van der Waals surface area contributed by atoms with Gasteiger partial charge in [0.25, 0.3) is 0 Å². The Morgan fingerprint density at radius 2 is 1.44 bits per heavy atom. The predicted molar refractivity (Wildman–Crippen MR) is 108 cm³/mol. The molecular weight excluding hydrogens is 308 g/mol. The van der Waals surface area contributed by atoms with Gasteiger partial charge in [0.15, 0.2) is 0 Å². The zero-order chi connectivity index (χ0) is 18.2. The first-order valence-electron chi connectivity index (χ1n) is 11.1. The van der Waals surface area contributed by atoms with E-state index in [0.717, 1.165) is 43.7 Å². The molecule has 0 amide bonds. The Balaban J connectivity index is 0.000000196. The van der Waals surface area contributed by atoms with Gasteiger partial charge in [0.2, 0.25) is 0 Å². The third kappa shape index (κ3) is 7.56. The first kappa shape index (κ1) is 21.2. The first-order valence-corrected chi connectivity index (χ1v) is 11.1. The van der Waals surface area contributed by atoms with Crippen LogP contribution in [0.4, 0.5) is 0 Å². The molecule has 0 aromatic heterocycles. The fourth-order valence-corrected chi connectivity index (χ4v) is 4.39. The highest BCUT2D eigenvalue weighted by Crippen LogP contribution is 2.30. The van der Waals surface area contributed by atoms with Crippen LogP contribution in [-0.2, 0) is 0 Å². The fraction of sp³-hybridized carbons (Fsp3) is 1.00. The van der Waals surface area contributed by atoms with Crippen LogP contribution in [0.3, 0.4) is 0 Å². The van der Waals surface area contributed by atoms with Crippen molar-refractivity contribution < 1.29 is 5.11 Å². The van der Waals surface area contributed by atoms with Gasteiger partial charge in [-0.1, -0.05) is 33.1 Å². The Kier molecular flexibility index (Phi) is 9.23. The molecule has 0 unspecified atom stereocenters. The van der Waals surface area contributed by atoms with Crippen molar-refractivity contribution in [2.75, 3.05) is 32.7 Å². The summed E-state index contributed by atoms with van der Waals surface area (Å²) < 4.78 is 0. The summed E-state index contributed by atoms with van der Waals surface area (Å²) in [5.41, 5.74) is 0. The van der Waals surface area contributed by atoms with Crippen molar-refractivity contribution in [1.29, 1.82) is 0 Å². The van der Waals surface area contributed by atoms with Crippen molar-refractivity contribution in [1.82, 2.24) is 9.80 Å². The van der Waals surface area contributed by atoms with Gasteiger partial charge in [-0.3, -0.25) is 0 Å². The van der Waals surface area contributed by atoms with Gasteiger partial charge in [0.05, 0.1) is 6.10 Å². The molecular formula is C22H44N2O. The SMILES string of the molecule is CC(C)C1CCN(CCC2CCC2)CC1.CC(C)N1CCC(O)CC1. The van der Waals surface area contributed by atoms with E-state index in [1.54, 1.807) is 0 Å². The number of piperidine rings is 2. The van der Waals surface area contributed by atoms with Crippen LogP contribution in [0.1, 0.15) is 79.1 Å². The Morgan fingerprint density at radius 3 is 1.88 bits per heavy atom. The molecule has 2 aliphatic heterocycles. The maximum absolute atomic E-state index is 9.18. The van der Waals surface area contributed by atoms with Gasteiger partial charge in [-0.05, 0) is 83.3 Å². The topological polar surface area (TPSA) is 26.7 Å². The molecule has 1 N–H and O–H groups in total. The van der Waals surface area contributed by atoms with E-state index in [9.17, 15) is 5.11 Å². The van der Waals surface area contributed by atoms with Crippen LogP contribution in [0.15, 0.2) is 0 Å². The monoisotopic (exact) mass is 352 g/mol. The van der Waals surface area contributed by atoms with E-state index in [4.69, 9.17) is 0 Å². The number of rotatable bonds is 5. The molecule has 2 saturated heterocycles. The molecule has 3 nitrogen and oxygen atoms in total. The molecule has 0 atom stereocenters. The standard InChI is InChI=1S/C14H27N.C8H17NO/c1-12(2)14-7-10-15(11-8-14)9-6-13-4-3-5-13;1-7(2)9-5-3-8(10)4-6-9/h12-14H,3-11H2,1-2H3;7-8,10H,3-6H2,1-2H3. The van der Waals surface area contributed by atoms with Crippen molar-refractivity contribution in [2.45, 2.75) is 91.2 Å². The van der Waals surface area contributed by atoms with Crippen LogP contribution < -0.4 is 0 Å². The highest BCUT2D eigenvalue weighted by molar-refractivity contribution is 4.77. The second-order valence-corrected chi connectivity index (χ2v) is 9.37. The minimum absolute atomic E-state index is 0.0324. The minimum Gasteiger partial charge on any atom is -0.393 e. The highest BCUT2D eigenvalue weighted by atomic mass is 16.3. The normalized spacial score (nSPS) is 25.1. The second kappa shape index (κ2) is 10.9. The summed E-state index contributed by atoms with van der Waals surface area (Å²) in [5, 5.41) is 9.18. The lowest BCUT2D eigenvalue weighted by Crippen LogP contribution is -2.39. The predicted octanol–water partition coefficient (Wildman–Crippen LogP) is 4.40. The van der Waals surface area contributed by atoms with E-state index in [0.29, 0.717) is 6.04 Å². The number of aliphatic hydroxyl groups excluding tert-OH is 1. The molecule has 25 heavy (non-hydrogen) atoms. The maximum Gasteiger partial charge on any atom is 0.0564 e. The van der Waals surface area contributed by atoms with Crippen molar-refractivity contribution in [3.63, 3.8) is 0 Å². The van der Waals surface area contributed by atoms with Gasteiger partial charge in [-0.25, -0.2) is 0 Å². The average molecular weight is 353 g/mol. The molecule has 3 rings (SSSR count). The quantitative estimate of drug-likeness (QED) is 0.794. The molecule has 2 heterocycles. The van der Waals surface area contributed by atoms with E-state index >= 15 is 0 Å². The molecule has 148 valence electrons. The molecule has 0 spiro atoms. The fourth-order valence-electron chi connectivity index (χ4n) is 4.39. The molecule has 1 saturated carbocycles. The van der Waals surface area contributed by atoms with E-state index in [-0.39, 0.29) is 6.10 Å². The minimum atomic E-state index is -0.0324. The van der Waals surface area contributed by atoms with E-state index < -0.39 is 0 Å². The summed E-state index contributed by atoms with van der Waals surface area (Å²) in [6.45, 7) is 15.4.